The Bertz CT molecular complexity index is 1220. The van der Waals surface area contributed by atoms with Crippen molar-refractivity contribution in [2.75, 3.05) is 26.9 Å². The maximum atomic E-state index is 6.16. The molecule has 38 heavy (non-hydrogen) atoms. The number of benzene rings is 2. The van der Waals surface area contributed by atoms with Crippen LogP contribution in [-0.4, -0.2) is 26.9 Å². The number of hydrogen-bond acceptors (Lipinski definition) is 4. The number of unbranched alkanes of at least 4 members (excludes halogenated alkanes) is 6. The molecule has 0 aliphatic carbocycles. The molecule has 5 heteroatoms. The fourth-order valence-electron chi connectivity index (χ4n) is 5.76. The van der Waals surface area contributed by atoms with Crippen LogP contribution in [-0.2, 0) is 19.4 Å². The highest BCUT2D eigenvalue weighted by molar-refractivity contribution is 5.95. The Morgan fingerprint density at radius 1 is 0.737 bits per heavy atom. The smallest absolute Gasteiger partial charge is 0.216 e. The van der Waals surface area contributed by atoms with Gasteiger partial charge in [-0.25, -0.2) is 0 Å². The molecule has 0 atom stereocenters. The molecule has 1 aliphatic rings. The quantitative estimate of drug-likeness (QED) is 0.151. The molecule has 0 saturated carbocycles. The zero-order valence-corrected chi connectivity index (χ0v) is 24.2. The number of pyridine rings is 1. The second kappa shape index (κ2) is 13.7. The van der Waals surface area contributed by atoms with Crippen LogP contribution in [0.25, 0.3) is 22.0 Å². The zero-order chi connectivity index (χ0) is 26.9. The van der Waals surface area contributed by atoms with Gasteiger partial charge in [-0.2, -0.15) is 4.57 Å². The van der Waals surface area contributed by atoms with Crippen molar-refractivity contribution in [3.8, 4) is 34.3 Å². The molecule has 0 spiro atoms. The van der Waals surface area contributed by atoms with Gasteiger partial charge in [0.05, 0.1) is 37.9 Å². The molecular weight excluding hydrogens is 474 g/mol. The monoisotopic (exact) mass is 520 g/mol. The minimum atomic E-state index is 0.602. The fourth-order valence-corrected chi connectivity index (χ4v) is 5.76. The van der Waals surface area contributed by atoms with Gasteiger partial charge >= 0.3 is 0 Å². The molecule has 0 radical (unpaired) electrons. The van der Waals surface area contributed by atoms with Gasteiger partial charge < -0.3 is 18.9 Å². The molecule has 1 aliphatic heterocycles. The van der Waals surface area contributed by atoms with Crippen LogP contribution >= 0.6 is 0 Å². The highest BCUT2D eigenvalue weighted by Gasteiger charge is 2.31. The molecule has 0 amide bonds. The summed E-state index contributed by atoms with van der Waals surface area (Å²) >= 11 is 0. The number of aromatic nitrogens is 1. The summed E-state index contributed by atoms with van der Waals surface area (Å²) in [7, 11) is 1.72. The first-order chi connectivity index (χ1) is 18.7. The molecule has 0 fully saturated rings. The van der Waals surface area contributed by atoms with Crippen LogP contribution < -0.4 is 23.5 Å². The van der Waals surface area contributed by atoms with E-state index >= 15 is 0 Å². The van der Waals surface area contributed by atoms with Crippen LogP contribution in [0.3, 0.4) is 0 Å². The van der Waals surface area contributed by atoms with E-state index < -0.39 is 0 Å². The maximum Gasteiger partial charge on any atom is 0.216 e. The number of fused-ring (bicyclic) bond motifs is 4. The van der Waals surface area contributed by atoms with Crippen molar-refractivity contribution in [3.63, 3.8) is 0 Å². The van der Waals surface area contributed by atoms with Crippen molar-refractivity contribution < 1.29 is 23.5 Å². The zero-order valence-electron chi connectivity index (χ0n) is 24.2. The predicted molar refractivity (Wildman–Crippen MR) is 155 cm³/mol. The van der Waals surface area contributed by atoms with Gasteiger partial charge in [-0.05, 0) is 63.4 Å². The second-order valence-electron chi connectivity index (χ2n) is 10.1. The molecule has 0 unspecified atom stereocenters. The van der Waals surface area contributed by atoms with Crippen molar-refractivity contribution in [1.29, 1.82) is 0 Å². The second-order valence-corrected chi connectivity index (χ2v) is 10.1. The van der Waals surface area contributed by atoms with Gasteiger partial charge in [0.15, 0.2) is 35.7 Å². The summed E-state index contributed by atoms with van der Waals surface area (Å²) in [6.07, 6.45) is 13.3. The van der Waals surface area contributed by atoms with Gasteiger partial charge in [0.1, 0.15) is 0 Å². The molecule has 206 valence electrons. The Kier molecular flexibility index (Phi) is 10.1. The van der Waals surface area contributed by atoms with E-state index in [1.807, 2.05) is 20.8 Å². The van der Waals surface area contributed by atoms with E-state index in [4.69, 9.17) is 18.9 Å². The van der Waals surface area contributed by atoms with Gasteiger partial charge in [-0.3, -0.25) is 0 Å². The molecule has 0 N–H and O–H groups in total. The molecule has 4 rings (SSSR count). The van der Waals surface area contributed by atoms with Gasteiger partial charge in [0, 0.05) is 17.4 Å². The summed E-state index contributed by atoms with van der Waals surface area (Å²) in [4.78, 5) is 0. The minimum Gasteiger partial charge on any atom is -0.493 e. The topological polar surface area (TPSA) is 40.8 Å². The van der Waals surface area contributed by atoms with Crippen LogP contribution in [0.1, 0.15) is 83.8 Å². The van der Waals surface area contributed by atoms with Crippen LogP contribution in [0.2, 0.25) is 0 Å². The molecule has 2 aromatic carbocycles. The van der Waals surface area contributed by atoms with Crippen molar-refractivity contribution in [2.24, 2.45) is 0 Å². The molecule has 1 aromatic heterocycles. The lowest BCUT2D eigenvalue weighted by Gasteiger charge is -2.22. The van der Waals surface area contributed by atoms with Crippen molar-refractivity contribution in [2.45, 2.75) is 92.0 Å². The molecule has 5 nitrogen and oxygen atoms in total. The number of hydrogen-bond donors (Lipinski definition) is 0. The Morgan fingerprint density at radius 2 is 1.42 bits per heavy atom. The lowest BCUT2D eigenvalue weighted by molar-refractivity contribution is -0.686. The first kappa shape index (κ1) is 28.1. The minimum absolute atomic E-state index is 0.602. The summed E-state index contributed by atoms with van der Waals surface area (Å²) in [6, 6.07) is 8.70. The number of ether oxygens (including phenoxy) is 4. The summed E-state index contributed by atoms with van der Waals surface area (Å²) < 4.78 is 26.3. The summed E-state index contributed by atoms with van der Waals surface area (Å²) in [5.74, 6) is 3.31. The Labute approximate surface area is 229 Å². The van der Waals surface area contributed by atoms with Gasteiger partial charge in [-0.1, -0.05) is 45.4 Å². The third-order valence-electron chi connectivity index (χ3n) is 7.53. The highest BCUT2D eigenvalue weighted by atomic mass is 16.5. The average Bonchev–Trinajstić information content (AvgIpc) is 2.93. The van der Waals surface area contributed by atoms with Crippen molar-refractivity contribution >= 4 is 10.8 Å². The highest BCUT2D eigenvalue weighted by Crippen LogP contribution is 2.43. The van der Waals surface area contributed by atoms with Gasteiger partial charge in [-0.15, -0.1) is 0 Å². The van der Waals surface area contributed by atoms with E-state index in [2.05, 4.69) is 42.0 Å². The molecular formula is C33H46NO4+. The van der Waals surface area contributed by atoms with Crippen LogP contribution in [0.15, 0.2) is 30.5 Å². The lowest BCUT2D eigenvalue weighted by Crippen LogP contribution is -2.41. The third kappa shape index (κ3) is 6.03. The third-order valence-corrected chi connectivity index (χ3v) is 7.53. The first-order valence-electron chi connectivity index (χ1n) is 14.8. The maximum absolute atomic E-state index is 6.16. The summed E-state index contributed by atoms with van der Waals surface area (Å²) in [6.45, 7) is 11.1. The fraction of sp³-hybridized carbons (Fsp3) is 0.545. The van der Waals surface area contributed by atoms with Gasteiger partial charge in [0.2, 0.25) is 5.69 Å². The number of methoxy groups -OCH3 is 1. The van der Waals surface area contributed by atoms with E-state index in [1.165, 1.54) is 72.7 Å². The van der Waals surface area contributed by atoms with Crippen LogP contribution in [0, 0.1) is 0 Å². The molecule has 3 aromatic rings. The van der Waals surface area contributed by atoms with E-state index in [0.717, 1.165) is 47.8 Å². The van der Waals surface area contributed by atoms with Crippen molar-refractivity contribution in [1.82, 2.24) is 0 Å². The number of rotatable bonds is 15. The standard InChI is InChI=1S/C33H46NO4/c1-6-10-11-12-13-14-15-16-26-25-17-18-29(35-5)33(38-9-4)28(25)23-34-20-19-24-21-30(36-7-2)31(37-8-3)22-27(24)32(26)34/h17-18,21-23H,6-16,19-20H2,1-5H3/q+1. The predicted octanol–water partition coefficient (Wildman–Crippen LogP) is 7.85. The Balaban J connectivity index is 1.83. The van der Waals surface area contributed by atoms with Gasteiger partial charge in [0.25, 0.3) is 0 Å². The summed E-state index contributed by atoms with van der Waals surface area (Å²) in [5.41, 5.74) is 5.29. The van der Waals surface area contributed by atoms with Crippen LogP contribution in [0.5, 0.6) is 23.0 Å². The first-order valence-corrected chi connectivity index (χ1v) is 14.8. The van der Waals surface area contributed by atoms with E-state index in [0.29, 0.717) is 19.8 Å². The van der Waals surface area contributed by atoms with Crippen LogP contribution in [0.4, 0.5) is 0 Å². The SMILES string of the molecule is CCCCCCCCCc1c2[n+](cc3c(OCC)c(OC)ccc13)CCc1cc(OCC)c(OCC)cc1-2. The molecule has 0 bridgehead atoms. The molecule has 2 heterocycles. The normalized spacial score (nSPS) is 12.2. The van der Waals surface area contributed by atoms with E-state index in [1.54, 1.807) is 7.11 Å². The van der Waals surface area contributed by atoms with Crippen molar-refractivity contribution in [3.05, 3.63) is 41.6 Å². The number of nitrogens with zero attached hydrogens (tertiary/aromatic N) is 1. The summed E-state index contributed by atoms with van der Waals surface area (Å²) in [5, 5.41) is 2.39. The van der Waals surface area contributed by atoms with E-state index in [-0.39, 0.29) is 0 Å². The van der Waals surface area contributed by atoms with E-state index in [9.17, 15) is 0 Å². The number of aryl methyl sites for hydroxylation is 3. The lowest BCUT2D eigenvalue weighted by atomic mass is 9.89. The average molecular weight is 521 g/mol. The Morgan fingerprint density at radius 3 is 2.11 bits per heavy atom. The Hall–Kier alpha value is -2.95. The largest absolute Gasteiger partial charge is 0.493 e. The molecule has 0 saturated heterocycles.